The molecule has 0 saturated heterocycles. The van der Waals surface area contributed by atoms with Gasteiger partial charge in [0.2, 0.25) is 0 Å². The summed E-state index contributed by atoms with van der Waals surface area (Å²) in [7, 11) is 0. The Kier molecular flexibility index (Phi) is 9.74. The highest BCUT2D eigenvalue weighted by Crippen LogP contribution is 2.43. The highest BCUT2D eigenvalue weighted by Gasteiger charge is 2.23. The first-order chi connectivity index (χ1) is 27.6. The van der Waals surface area contributed by atoms with Crippen LogP contribution in [0.15, 0.2) is 194 Å². The second kappa shape index (κ2) is 15.6. The molecule has 1 nitrogen and oxygen atoms in total. The second-order valence-corrected chi connectivity index (χ2v) is 15.1. The molecule has 1 heteroatoms. The second-order valence-electron chi connectivity index (χ2n) is 15.1. The lowest BCUT2D eigenvalue weighted by molar-refractivity contribution is 1.04. The van der Waals surface area contributed by atoms with Gasteiger partial charge in [0.1, 0.15) is 0 Å². The van der Waals surface area contributed by atoms with Crippen LogP contribution in [0.3, 0.4) is 0 Å². The highest BCUT2D eigenvalue weighted by molar-refractivity contribution is 5.93. The van der Waals surface area contributed by atoms with Gasteiger partial charge in [-0.25, -0.2) is 0 Å². The van der Waals surface area contributed by atoms with Crippen LogP contribution in [-0.2, 0) is 12.8 Å². The van der Waals surface area contributed by atoms with E-state index < -0.39 is 0 Å². The maximum absolute atomic E-state index is 7.08. The quantitative estimate of drug-likeness (QED) is 0.148. The molecule has 0 fully saturated rings. The summed E-state index contributed by atoms with van der Waals surface area (Å²) >= 11 is 0. The lowest BCUT2D eigenvalue weighted by Gasteiger charge is -2.14. The van der Waals surface area contributed by atoms with Gasteiger partial charge in [0.25, 0.3) is 0 Å². The number of fused-ring (bicyclic) bond motifs is 3. The van der Waals surface area contributed by atoms with Gasteiger partial charge < -0.3 is 5.73 Å². The number of aryl methyl sites for hydroxylation is 1. The average Bonchev–Trinajstić information content (AvgIpc) is 3.64. The van der Waals surface area contributed by atoms with E-state index in [-0.39, 0.29) is 0 Å². The minimum absolute atomic E-state index is 0.777. The Morgan fingerprint density at radius 2 is 1.21 bits per heavy atom. The largest absolute Gasteiger partial charge is 0.398 e. The Labute approximate surface area is 331 Å². The van der Waals surface area contributed by atoms with Crippen LogP contribution in [0.5, 0.6) is 0 Å². The Hall–Kier alpha value is -6.70. The Bertz CT molecular complexity index is 2650. The van der Waals surface area contributed by atoms with Crippen molar-refractivity contribution in [3.63, 3.8) is 0 Å². The summed E-state index contributed by atoms with van der Waals surface area (Å²) in [5.74, 6) is 0. The summed E-state index contributed by atoms with van der Waals surface area (Å²) < 4.78 is 0. The topological polar surface area (TPSA) is 26.0 Å². The molecule has 0 heterocycles. The molecule has 0 spiro atoms. The van der Waals surface area contributed by atoms with Crippen LogP contribution in [0.4, 0.5) is 0 Å². The van der Waals surface area contributed by atoms with Gasteiger partial charge in [-0.2, -0.15) is 0 Å². The molecule has 7 aromatic rings. The van der Waals surface area contributed by atoms with E-state index in [2.05, 4.69) is 201 Å². The molecule has 0 radical (unpaired) electrons. The molecule has 2 N–H and O–H groups in total. The van der Waals surface area contributed by atoms with Gasteiger partial charge in [-0.1, -0.05) is 169 Å². The molecule has 9 rings (SSSR count). The van der Waals surface area contributed by atoms with Gasteiger partial charge in [0, 0.05) is 11.3 Å². The predicted molar refractivity (Wildman–Crippen MR) is 239 cm³/mol. The van der Waals surface area contributed by atoms with Gasteiger partial charge in [-0.05, 0) is 146 Å². The molecule has 0 bridgehead atoms. The smallest absolute Gasteiger partial charge is 0.0400 e. The van der Waals surface area contributed by atoms with Crippen molar-refractivity contribution in [2.45, 2.75) is 32.6 Å². The fourth-order valence-electron chi connectivity index (χ4n) is 8.19. The van der Waals surface area contributed by atoms with Crippen LogP contribution in [0.25, 0.3) is 61.4 Å². The number of hydrogen-bond acceptors (Lipinski definition) is 1. The number of benzene rings is 7. The van der Waals surface area contributed by atoms with E-state index in [1.807, 2.05) is 0 Å². The van der Waals surface area contributed by atoms with Crippen LogP contribution in [0.1, 0.15) is 51.8 Å². The monoisotopic (exact) mass is 719 g/mol. The fraction of sp³-hybridized carbons (Fsp3) is 0.0909. The van der Waals surface area contributed by atoms with E-state index >= 15 is 0 Å². The molecule has 2 aliphatic rings. The highest BCUT2D eigenvalue weighted by atomic mass is 14.6. The molecular formula is C55H45N. The average molecular weight is 720 g/mol. The van der Waals surface area contributed by atoms with E-state index in [1.54, 1.807) is 0 Å². The number of rotatable bonds is 9. The van der Waals surface area contributed by atoms with E-state index in [1.165, 1.54) is 77.9 Å². The molecule has 0 amide bonds. The van der Waals surface area contributed by atoms with Crippen LogP contribution >= 0.6 is 0 Å². The lowest BCUT2D eigenvalue weighted by atomic mass is 9.90. The lowest BCUT2D eigenvalue weighted by Crippen LogP contribution is -2.00. The first-order valence-electron chi connectivity index (χ1n) is 19.8. The van der Waals surface area contributed by atoms with Gasteiger partial charge in [-0.15, -0.1) is 0 Å². The zero-order valence-electron chi connectivity index (χ0n) is 31.9. The third-order valence-electron chi connectivity index (χ3n) is 11.2. The van der Waals surface area contributed by atoms with Gasteiger partial charge in [0.15, 0.2) is 0 Å². The van der Waals surface area contributed by atoms with Crippen molar-refractivity contribution in [1.29, 1.82) is 0 Å². The molecule has 0 saturated carbocycles. The molecule has 0 aromatic heterocycles. The number of allylic oxidation sites excluding steroid dienone is 7. The molecule has 2 aliphatic carbocycles. The van der Waals surface area contributed by atoms with E-state index in [9.17, 15) is 0 Å². The van der Waals surface area contributed by atoms with Gasteiger partial charge in [0.05, 0.1) is 0 Å². The first-order valence-corrected chi connectivity index (χ1v) is 19.8. The fourth-order valence-corrected chi connectivity index (χ4v) is 8.19. The van der Waals surface area contributed by atoms with Crippen molar-refractivity contribution < 1.29 is 0 Å². The minimum Gasteiger partial charge on any atom is -0.398 e. The summed E-state index contributed by atoms with van der Waals surface area (Å²) in [6, 6.07) is 59.7. The Balaban J connectivity index is 1.05. The van der Waals surface area contributed by atoms with Crippen LogP contribution in [0.2, 0.25) is 0 Å². The van der Waals surface area contributed by atoms with Gasteiger partial charge in [-0.3, -0.25) is 0 Å². The third-order valence-corrected chi connectivity index (χ3v) is 11.2. The van der Waals surface area contributed by atoms with E-state index in [4.69, 9.17) is 5.73 Å². The Morgan fingerprint density at radius 1 is 0.571 bits per heavy atom. The van der Waals surface area contributed by atoms with Crippen molar-refractivity contribution in [2.75, 3.05) is 0 Å². The zero-order chi connectivity index (χ0) is 37.8. The molecular weight excluding hydrogens is 675 g/mol. The third kappa shape index (κ3) is 7.37. The summed E-state index contributed by atoms with van der Waals surface area (Å²) in [4.78, 5) is 0. The summed E-state index contributed by atoms with van der Waals surface area (Å²) in [6.07, 6.45) is 15.3. The van der Waals surface area contributed by atoms with Crippen LogP contribution in [-0.4, -0.2) is 0 Å². The van der Waals surface area contributed by atoms with Gasteiger partial charge >= 0.3 is 0 Å². The first kappa shape index (κ1) is 35.0. The standard InChI is InChI=1S/C55H45N/c1-38-20-23-43(24-21-38)50-33-49(41-16-9-4-10-17-41)34-51(35-50)44-28-26-42(27-29-44)45-30-31-47-32-48-18-11-19-52(55(48)53(47)36-45)54(56)37-46(40-14-7-3-8-15-40)25-22-39-12-5-2-6-13-39/h2-3,5-9,11-21,23-31,33-37H,4,10,22,32,56H2,1H3/b46-25+,54-37-. The maximum Gasteiger partial charge on any atom is 0.0400 e. The number of hydrogen-bond donors (Lipinski definition) is 1. The zero-order valence-corrected chi connectivity index (χ0v) is 31.9. The molecule has 270 valence electrons. The normalized spacial score (nSPS) is 13.6. The summed E-state index contributed by atoms with van der Waals surface area (Å²) in [5.41, 5.74) is 28.9. The van der Waals surface area contributed by atoms with Crippen molar-refractivity contribution in [1.82, 2.24) is 0 Å². The predicted octanol–water partition coefficient (Wildman–Crippen LogP) is 13.9. The van der Waals surface area contributed by atoms with E-state index in [0.29, 0.717) is 0 Å². The molecule has 0 aliphatic heterocycles. The molecule has 0 atom stereocenters. The van der Waals surface area contributed by atoms with Crippen molar-refractivity contribution in [3.05, 3.63) is 233 Å². The SMILES string of the molecule is Cc1ccc(-c2cc(C3=CCCC=C3)cc(-c3ccc(-c4ccc5c(c4)-c4c(cccc4/C(N)=C/C(=C\Cc4ccccc4)c4ccccc4)C5)cc3)c2)cc1. The molecule has 56 heavy (non-hydrogen) atoms. The maximum atomic E-state index is 7.08. The molecule has 0 unspecified atom stereocenters. The van der Waals surface area contributed by atoms with Crippen molar-refractivity contribution >= 4 is 16.8 Å². The summed E-state index contributed by atoms with van der Waals surface area (Å²) in [5, 5.41) is 0. The number of nitrogens with two attached hydrogens (primary N) is 1. The van der Waals surface area contributed by atoms with Crippen LogP contribution < -0.4 is 5.73 Å². The van der Waals surface area contributed by atoms with Crippen molar-refractivity contribution in [2.24, 2.45) is 5.73 Å². The van der Waals surface area contributed by atoms with Crippen molar-refractivity contribution in [3.8, 4) is 44.5 Å². The minimum atomic E-state index is 0.777. The summed E-state index contributed by atoms with van der Waals surface area (Å²) in [6.45, 7) is 2.14. The Morgan fingerprint density at radius 3 is 1.91 bits per heavy atom. The van der Waals surface area contributed by atoms with Crippen LogP contribution in [0, 0.1) is 6.92 Å². The van der Waals surface area contributed by atoms with E-state index in [0.717, 1.165) is 48.1 Å². The molecule has 7 aromatic carbocycles.